The Bertz CT molecular complexity index is 1290. The van der Waals surface area contributed by atoms with E-state index in [1.165, 1.54) is 23.5 Å². The van der Waals surface area contributed by atoms with Crippen LogP contribution in [0.15, 0.2) is 47.4 Å². The van der Waals surface area contributed by atoms with E-state index in [4.69, 9.17) is 16.3 Å². The Balaban J connectivity index is 1.39. The summed E-state index contributed by atoms with van der Waals surface area (Å²) in [7, 11) is -2.73. The average molecular weight is 551 g/mol. The van der Waals surface area contributed by atoms with Crippen LogP contribution in [-0.2, 0) is 14.8 Å². The van der Waals surface area contributed by atoms with E-state index >= 15 is 0 Å². The molecule has 198 valence electrons. The van der Waals surface area contributed by atoms with Crippen LogP contribution in [0.2, 0.25) is 5.02 Å². The van der Waals surface area contributed by atoms with Gasteiger partial charge in [0.05, 0.1) is 22.8 Å². The van der Waals surface area contributed by atoms with Gasteiger partial charge in [0.1, 0.15) is 0 Å². The largest absolute Gasteiger partial charge is 0.490 e. The lowest BCUT2D eigenvalue weighted by molar-refractivity contribution is -0.386. The Labute approximate surface area is 219 Å². The van der Waals surface area contributed by atoms with Gasteiger partial charge in [0.25, 0.3) is 5.91 Å². The highest BCUT2D eigenvalue weighted by Gasteiger charge is 2.36. The lowest BCUT2D eigenvalue weighted by Crippen LogP contribution is -2.54. The minimum atomic E-state index is -4.00. The topological polar surface area (TPSA) is 130 Å². The van der Waals surface area contributed by atoms with Crippen LogP contribution in [0.25, 0.3) is 0 Å². The molecule has 0 N–H and O–H groups in total. The molecule has 11 nitrogen and oxygen atoms in total. The van der Waals surface area contributed by atoms with Crippen molar-refractivity contribution in [3.8, 4) is 5.75 Å². The average Bonchev–Trinajstić information content (AvgIpc) is 2.92. The van der Waals surface area contributed by atoms with Gasteiger partial charge in [0.15, 0.2) is 5.75 Å². The quantitative estimate of drug-likeness (QED) is 0.399. The van der Waals surface area contributed by atoms with Crippen molar-refractivity contribution in [2.45, 2.75) is 17.7 Å². The van der Waals surface area contributed by atoms with Gasteiger partial charge in [0, 0.05) is 55.9 Å². The third-order valence-electron chi connectivity index (χ3n) is 6.68. The standard InChI is InChI=1S/C24H27ClN4O7S/c1-36-22-9-8-20(15-21(22)29(32)33)37(34,35)28-13-11-26(12-14-28)24(31)18-3-2-10-27(16-18)23(30)17-4-6-19(25)7-5-17/h4-9,15,18H,2-3,10-14,16H2,1H3/t18-/m1/s1. The molecule has 2 aliphatic rings. The van der Waals surface area contributed by atoms with Crippen molar-refractivity contribution in [2.24, 2.45) is 5.92 Å². The molecule has 2 heterocycles. The number of hydrogen-bond donors (Lipinski definition) is 0. The molecule has 0 bridgehead atoms. The number of sulfonamides is 1. The van der Waals surface area contributed by atoms with Crippen LogP contribution in [-0.4, -0.2) is 85.6 Å². The summed E-state index contributed by atoms with van der Waals surface area (Å²) in [6, 6.07) is 10.1. The Morgan fingerprint density at radius 1 is 1.03 bits per heavy atom. The monoisotopic (exact) mass is 550 g/mol. The van der Waals surface area contributed by atoms with E-state index in [9.17, 15) is 28.1 Å². The number of nitro benzene ring substituents is 1. The van der Waals surface area contributed by atoms with Crippen molar-refractivity contribution in [1.29, 1.82) is 0 Å². The first-order valence-corrected chi connectivity index (χ1v) is 13.6. The highest BCUT2D eigenvalue weighted by molar-refractivity contribution is 7.89. The molecular formula is C24H27ClN4O7S. The molecule has 2 aromatic carbocycles. The molecule has 2 aliphatic heterocycles. The highest BCUT2D eigenvalue weighted by atomic mass is 35.5. The summed E-state index contributed by atoms with van der Waals surface area (Å²) in [6.07, 6.45) is 1.34. The molecule has 4 rings (SSSR count). The fraction of sp³-hybridized carbons (Fsp3) is 0.417. The Morgan fingerprint density at radius 3 is 2.32 bits per heavy atom. The number of rotatable bonds is 6. The fourth-order valence-electron chi connectivity index (χ4n) is 4.67. The lowest BCUT2D eigenvalue weighted by atomic mass is 9.95. The fourth-order valence-corrected chi connectivity index (χ4v) is 6.24. The Hall–Kier alpha value is -3.22. The summed E-state index contributed by atoms with van der Waals surface area (Å²) < 4.78 is 32.4. The van der Waals surface area contributed by atoms with Crippen molar-refractivity contribution < 1.29 is 27.7 Å². The first-order valence-electron chi connectivity index (χ1n) is 11.8. The van der Waals surface area contributed by atoms with Crippen LogP contribution < -0.4 is 4.74 Å². The molecule has 0 saturated carbocycles. The number of ether oxygens (including phenoxy) is 1. The zero-order chi connectivity index (χ0) is 26.7. The van der Waals surface area contributed by atoms with Crippen LogP contribution in [0.4, 0.5) is 5.69 Å². The van der Waals surface area contributed by atoms with Crippen LogP contribution >= 0.6 is 11.6 Å². The summed E-state index contributed by atoms with van der Waals surface area (Å²) in [6.45, 7) is 1.37. The van der Waals surface area contributed by atoms with Crippen molar-refractivity contribution >= 4 is 39.1 Å². The van der Waals surface area contributed by atoms with Crippen LogP contribution in [0.1, 0.15) is 23.2 Å². The van der Waals surface area contributed by atoms with Crippen molar-refractivity contribution in [3.05, 3.63) is 63.2 Å². The van der Waals surface area contributed by atoms with Gasteiger partial charge < -0.3 is 14.5 Å². The van der Waals surface area contributed by atoms with Gasteiger partial charge in [-0.2, -0.15) is 4.31 Å². The van der Waals surface area contributed by atoms with E-state index < -0.39 is 20.6 Å². The van der Waals surface area contributed by atoms with E-state index in [2.05, 4.69) is 0 Å². The maximum Gasteiger partial charge on any atom is 0.312 e. The summed E-state index contributed by atoms with van der Waals surface area (Å²) in [5.41, 5.74) is 0.0717. The first-order chi connectivity index (χ1) is 17.6. The SMILES string of the molecule is COc1ccc(S(=O)(=O)N2CCN(C(=O)[C@@H]3CCCN(C(=O)c4ccc(Cl)cc4)C3)CC2)cc1[N+](=O)[O-]. The number of carbonyl (C=O) groups excluding carboxylic acids is 2. The molecule has 37 heavy (non-hydrogen) atoms. The number of nitro groups is 1. The van der Waals surface area contributed by atoms with Gasteiger partial charge in [-0.15, -0.1) is 0 Å². The number of piperazine rings is 1. The molecule has 0 radical (unpaired) electrons. The second-order valence-corrected chi connectivity index (χ2v) is 11.3. The van der Waals surface area contributed by atoms with Gasteiger partial charge >= 0.3 is 5.69 Å². The second-order valence-electron chi connectivity index (χ2n) is 8.92. The second kappa shape index (κ2) is 11.0. The summed E-state index contributed by atoms with van der Waals surface area (Å²) >= 11 is 5.91. The van der Waals surface area contributed by atoms with Crippen LogP contribution in [0.3, 0.4) is 0 Å². The van der Waals surface area contributed by atoms with Gasteiger partial charge in [-0.05, 0) is 49.2 Å². The zero-order valence-corrected chi connectivity index (χ0v) is 21.8. The van der Waals surface area contributed by atoms with E-state index in [-0.39, 0.29) is 54.6 Å². The highest BCUT2D eigenvalue weighted by Crippen LogP contribution is 2.31. The molecule has 0 aliphatic carbocycles. The number of nitrogens with zero attached hydrogens (tertiary/aromatic N) is 4. The Morgan fingerprint density at radius 2 is 1.70 bits per heavy atom. The predicted molar refractivity (Wildman–Crippen MR) is 135 cm³/mol. The zero-order valence-electron chi connectivity index (χ0n) is 20.2. The van der Waals surface area contributed by atoms with E-state index in [0.29, 0.717) is 36.5 Å². The number of benzene rings is 2. The van der Waals surface area contributed by atoms with Crippen molar-refractivity contribution in [3.63, 3.8) is 0 Å². The summed E-state index contributed by atoms with van der Waals surface area (Å²) in [4.78, 5) is 39.8. The molecule has 1 atom stereocenters. The molecule has 2 aromatic rings. The molecular weight excluding hydrogens is 524 g/mol. The van der Waals surface area contributed by atoms with Crippen LogP contribution in [0.5, 0.6) is 5.75 Å². The van der Waals surface area contributed by atoms with Gasteiger partial charge in [0.2, 0.25) is 15.9 Å². The molecule has 0 aromatic heterocycles. The maximum atomic E-state index is 13.2. The van der Waals surface area contributed by atoms with Gasteiger partial charge in [-0.3, -0.25) is 19.7 Å². The number of likely N-dealkylation sites (tertiary alicyclic amines) is 1. The summed E-state index contributed by atoms with van der Waals surface area (Å²) in [5.74, 6) is -0.655. The predicted octanol–water partition coefficient (Wildman–Crippen LogP) is 2.64. The van der Waals surface area contributed by atoms with Crippen LogP contribution in [0, 0.1) is 16.0 Å². The number of halogens is 1. The van der Waals surface area contributed by atoms with E-state index in [0.717, 1.165) is 6.07 Å². The normalized spacial score (nSPS) is 18.9. The molecule has 0 unspecified atom stereocenters. The van der Waals surface area contributed by atoms with Gasteiger partial charge in [-0.25, -0.2) is 8.42 Å². The first kappa shape index (κ1) is 26.8. The lowest BCUT2D eigenvalue weighted by Gasteiger charge is -2.38. The number of piperidine rings is 1. The Kier molecular flexibility index (Phi) is 8.00. The minimum Gasteiger partial charge on any atom is -0.490 e. The number of methoxy groups -OCH3 is 1. The minimum absolute atomic E-state index is 0.0320. The molecule has 2 fully saturated rings. The molecule has 2 saturated heterocycles. The molecule has 2 amide bonds. The third kappa shape index (κ3) is 5.71. The third-order valence-corrected chi connectivity index (χ3v) is 8.83. The van der Waals surface area contributed by atoms with E-state index in [1.807, 2.05) is 0 Å². The van der Waals surface area contributed by atoms with E-state index in [1.54, 1.807) is 34.1 Å². The number of amides is 2. The number of hydrogen-bond acceptors (Lipinski definition) is 7. The molecule has 13 heteroatoms. The van der Waals surface area contributed by atoms with Crippen molar-refractivity contribution in [1.82, 2.24) is 14.1 Å². The van der Waals surface area contributed by atoms with Crippen molar-refractivity contribution in [2.75, 3.05) is 46.4 Å². The number of carbonyl (C=O) groups is 2. The van der Waals surface area contributed by atoms with Gasteiger partial charge in [-0.1, -0.05) is 11.6 Å². The summed E-state index contributed by atoms with van der Waals surface area (Å²) in [5, 5.41) is 11.8. The molecule has 0 spiro atoms. The maximum absolute atomic E-state index is 13.2. The smallest absolute Gasteiger partial charge is 0.312 e.